The predicted molar refractivity (Wildman–Crippen MR) is 95.3 cm³/mol. The normalized spacial score (nSPS) is 17.5. The van der Waals surface area contributed by atoms with E-state index < -0.39 is 9.84 Å². The number of para-hydroxylation sites is 1. The number of benzene rings is 2. The Labute approximate surface area is 143 Å². The van der Waals surface area contributed by atoms with E-state index in [9.17, 15) is 13.2 Å². The Balaban J connectivity index is 2.10. The fraction of sp³-hybridized carbons (Fsp3) is 0.316. The van der Waals surface area contributed by atoms with Gasteiger partial charge in [-0.15, -0.1) is 0 Å². The Kier molecular flexibility index (Phi) is 4.22. The van der Waals surface area contributed by atoms with Crippen LogP contribution in [0.1, 0.15) is 34.8 Å². The Morgan fingerprint density at radius 2 is 1.88 bits per heavy atom. The summed E-state index contributed by atoms with van der Waals surface area (Å²) < 4.78 is 23.7. The second kappa shape index (κ2) is 6.06. The van der Waals surface area contributed by atoms with Gasteiger partial charge in [-0.3, -0.25) is 4.79 Å². The first-order valence-corrected chi connectivity index (χ1v) is 9.90. The van der Waals surface area contributed by atoms with Gasteiger partial charge in [-0.05, 0) is 56.0 Å². The molecule has 1 aliphatic rings. The van der Waals surface area contributed by atoms with E-state index in [-0.39, 0.29) is 16.8 Å². The van der Waals surface area contributed by atoms with Gasteiger partial charge in [-0.25, -0.2) is 8.42 Å². The van der Waals surface area contributed by atoms with Crippen LogP contribution in [0.15, 0.2) is 47.4 Å². The summed E-state index contributed by atoms with van der Waals surface area (Å²) in [4.78, 5) is 15.2. The first-order chi connectivity index (χ1) is 11.3. The molecule has 2 aromatic carbocycles. The molecule has 126 valence electrons. The van der Waals surface area contributed by atoms with Gasteiger partial charge in [0.25, 0.3) is 5.91 Å². The Hall–Kier alpha value is -2.14. The molecule has 0 radical (unpaired) electrons. The van der Waals surface area contributed by atoms with Crippen LogP contribution in [0.2, 0.25) is 0 Å². The van der Waals surface area contributed by atoms with E-state index in [0.29, 0.717) is 5.56 Å². The lowest BCUT2D eigenvalue weighted by molar-refractivity contribution is 0.0974. The summed E-state index contributed by atoms with van der Waals surface area (Å²) >= 11 is 0. The lowest BCUT2D eigenvalue weighted by Gasteiger charge is -2.35. The van der Waals surface area contributed by atoms with Gasteiger partial charge in [0.15, 0.2) is 9.84 Å². The molecule has 2 aromatic rings. The quantitative estimate of drug-likeness (QED) is 0.840. The molecule has 0 N–H and O–H groups in total. The van der Waals surface area contributed by atoms with Gasteiger partial charge < -0.3 is 4.90 Å². The molecule has 0 saturated heterocycles. The van der Waals surface area contributed by atoms with Gasteiger partial charge in [0.1, 0.15) is 0 Å². The van der Waals surface area contributed by atoms with E-state index >= 15 is 0 Å². The van der Waals surface area contributed by atoms with Gasteiger partial charge in [0.2, 0.25) is 0 Å². The van der Waals surface area contributed by atoms with Crippen molar-refractivity contribution in [2.24, 2.45) is 0 Å². The summed E-state index contributed by atoms with van der Waals surface area (Å²) in [5.74, 6) is -0.141. The topological polar surface area (TPSA) is 54.5 Å². The highest BCUT2D eigenvalue weighted by atomic mass is 32.2. The molecular formula is C19H21NO3S. The number of fused-ring (bicyclic) bond motifs is 1. The molecule has 1 heterocycles. The molecule has 1 aliphatic heterocycles. The maximum Gasteiger partial charge on any atom is 0.258 e. The lowest BCUT2D eigenvalue weighted by atomic mass is 9.95. The van der Waals surface area contributed by atoms with Crippen molar-refractivity contribution in [3.63, 3.8) is 0 Å². The molecule has 0 saturated carbocycles. The first kappa shape index (κ1) is 16.7. The second-order valence-electron chi connectivity index (χ2n) is 6.44. The number of rotatable bonds is 2. The zero-order valence-corrected chi connectivity index (χ0v) is 14.9. The van der Waals surface area contributed by atoms with Gasteiger partial charge in [-0.1, -0.05) is 24.3 Å². The minimum absolute atomic E-state index is 0.0775. The SMILES string of the molecule is Cc1ccc(S(C)(=O)=O)cc1C(=O)N1c2ccccc2CC[C@@H]1C. The molecule has 0 unspecified atom stereocenters. The minimum Gasteiger partial charge on any atom is -0.305 e. The Morgan fingerprint density at radius 3 is 2.58 bits per heavy atom. The summed E-state index contributed by atoms with van der Waals surface area (Å²) in [5.41, 5.74) is 3.30. The van der Waals surface area contributed by atoms with Crippen molar-refractivity contribution in [2.75, 3.05) is 11.2 Å². The molecule has 0 aromatic heterocycles. The van der Waals surface area contributed by atoms with Crippen molar-refractivity contribution in [3.05, 3.63) is 59.2 Å². The van der Waals surface area contributed by atoms with Crippen molar-refractivity contribution in [1.29, 1.82) is 0 Å². The van der Waals surface area contributed by atoms with Crippen LogP contribution in [0.3, 0.4) is 0 Å². The lowest BCUT2D eigenvalue weighted by Crippen LogP contribution is -2.42. The summed E-state index contributed by atoms with van der Waals surface area (Å²) in [6.07, 6.45) is 3.00. The first-order valence-electron chi connectivity index (χ1n) is 8.01. The number of nitrogens with zero attached hydrogens (tertiary/aromatic N) is 1. The van der Waals surface area contributed by atoms with E-state index in [4.69, 9.17) is 0 Å². The Bertz CT molecular complexity index is 903. The van der Waals surface area contributed by atoms with Crippen LogP contribution in [0.25, 0.3) is 0 Å². The fourth-order valence-corrected chi connectivity index (χ4v) is 3.84. The number of carbonyl (C=O) groups is 1. The van der Waals surface area contributed by atoms with Crippen LogP contribution in [0, 0.1) is 6.92 Å². The molecule has 5 heteroatoms. The van der Waals surface area contributed by atoms with Crippen molar-refractivity contribution in [1.82, 2.24) is 0 Å². The van der Waals surface area contributed by atoms with Crippen LogP contribution in [-0.2, 0) is 16.3 Å². The molecule has 0 spiro atoms. The minimum atomic E-state index is -3.35. The van der Waals surface area contributed by atoms with E-state index in [1.54, 1.807) is 17.0 Å². The molecule has 1 atom stereocenters. The van der Waals surface area contributed by atoms with Crippen LogP contribution >= 0.6 is 0 Å². The van der Waals surface area contributed by atoms with Gasteiger partial charge in [0, 0.05) is 23.5 Å². The molecule has 3 rings (SSSR count). The molecule has 0 fully saturated rings. The number of aryl methyl sites for hydroxylation is 2. The number of sulfone groups is 1. The van der Waals surface area contributed by atoms with Crippen molar-refractivity contribution in [3.8, 4) is 0 Å². The van der Waals surface area contributed by atoms with Crippen LogP contribution in [0.4, 0.5) is 5.69 Å². The smallest absolute Gasteiger partial charge is 0.258 e. The van der Waals surface area contributed by atoms with E-state index in [1.807, 2.05) is 38.1 Å². The molecule has 4 nitrogen and oxygen atoms in total. The Morgan fingerprint density at radius 1 is 1.17 bits per heavy atom. The summed E-state index contributed by atoms with van der Waals surface area (Å²) in [6.45, 7) is 3.86. The number of hydrogen-bond donors (Lipinski definition) is 0. The number of carbonyl (C=O) groups excluding carboxylic acids is 1. The highest BCUT2D eigenvalue weighted by molar-refractivity contribution is 7.90. The molecule has 0 aliphatic carbocycles. The van der Waals surface area contributed by atoms with Crippen molar-refractivity contribution < 1.29 is 13.2 Å². The van der Waals surface area contributed by atoms with Gasteiger partial charge in [0.05, 0.1) is 4.90 Å². The molecular weight excluding hydrogens is 322 g/mol. The van der Waals surface area contributed by atoms with Crippen LogP contribution in [-0.4, -0.2) is 26.6 Å². The van der Waals surface area contributed by atoms with E-state index in [0.717, 1.165) is 35.9 Å². The average Bonchev–Trinajstić information content (AvgIpc) is 2.53. The van der Waals surface area contributed by atoms with Gasteiger partial charge >= 0.3 is 0 Å². The largest absolute Gasteiger partial charge is 0.305 e. The number of amides is 1. The van der Waals surface area contributed by atoms with Crippen LogP contribution in [0.5, 0.6) is 0 Å². The van der Waals surface area contributed by atoms with Crippen molar-refractivity contribution in [2.45, 2.75) is 37.6 Å². The predicted octanol–water partition coefficient (Wildman–Crippen LogP) is 3.38. The number of anilines is 1. The fourth-order valence-electron chi connectivity index (χ4n) is 3.19. The third-order valence-electron chi connectivity index (χ3n) is 4.61. The molecule has 0 bridgehead atoms. The van der Waals surface area contributed by atoms with Crippen molar-refractivity contribution >= 4 is 21.4 Å². The van der Waals surface area contributed by atoms with Crippen LogP contribution < -0.4 is 4.90 Å². The van der Waals surface area contributed by atoms with Gasteiger partial charge in [-0.2, -0.15) is 0 Å². The molecule has 24 heavy (non-hydrogen) atoms. The third kappa shape index (κ3) is 2.96. The monoisotopic (exact) mass is 343 g/mol. The molecule has 1 amide bonds. The summed E-state index contributed by atoms with van der Waals surface area (Å²) in [7, 11) is -3.35. The maximum atomic E-state index is 13.2. The zero-order chi connectivity index (χ0) is 17.5. The highest BCUT2D eigenvalue weighted by Crippen LogP contribution is 2.32. The van der Waals surface area contributed by atoms with E-state index in [2.05, 4.69) is 0 Å². The number of hydrogen-bond acceptors (Lipinski definition) is 3. The van der Waals surface area contributed by atoms with E-state index in [1.165, 1.54) is 6.07 Å². The summed E-state index contributed by atoms with van der Waals surface area (Å²) in [5, 5.41) is 0. The zero-order valence-electron chi connectivity index (χ0n) is 14.1. The second-order valence-corrected chi connectivity index (χ2v) is 8.46. The standard InChI is InChI=1S/C19H21NO3S/c1-13-8-11-16(24(3,22)23)12-17(13)19(21)20-14(2)9-10-15-6-4-5-7-18(15)20/h4-8,11-12,14H,9-10H2,1-3H3/t14-/m0/s1. The average molecular weight is 343 g/mol. The maximum absolute atomic E-state index is 13.2. The summed E-state index contributed by atoms with van der Waals surface area (Å²) in [6, 6.07) is 12.7. The third-order valence-corrected chi connectivity index (χ3v) is 5.72. The highest BCUT2D eigenvalue weighted by Gasteiger charge is 2.29.